The van der Waals surface area contributed by atoms with Gasteiger partial charge in [0.25, 0.3) is 5.91 Å². The first-order chi connectivity index (χ1) is 17.8. The molecule has 0 unspecified atom stereocenters. The summed E-state index contributed by atoms with van der Waals surface area (Å²) in [4.78, 5) is 50.4. The quantitative estimate of drug-likeness (QED) is 0.238. The van der Waals surface area contributed by atoms with E-state index in [0.29, 0.717) is 17.5 Å². The topological polar surface area (TPSA) is 108 Å². The van der Waals surface area contributed by atoms with Crippen molar-refractivity contribution in [2.45, 2.75) is 25.9 Å². The Balaban J connectivity index is 1.56. The second-order valence-electron chi connectivity index (χ2n) is 8.78. The van der Waals surface area contributed by atoms with Crippen molar-refractivity contribution in [1.82, 2.24) is 20.9 Å². The number of hydrogen-bond acceptors (Lipinski definition) is 4. The van der Waals surface area contributed by atoms with E-state index in [9.17, 15) is 19.2 Å². The normalized spacial score (nSPS) is 11.6. The molecule has 3 rings (SSSR count). The standard InChI is InChI=1S/C29H32N4O4/c1-20(23-16-10-13-21-11-4-6-14-24(21)23)32-27(35)25-15-7-5-12-22(25)19-31-29(37)28(36)30-18-9-8-17-26(34)33(2)3/h4-8,10-17,20H,9,18-19H2,1-3H3,(H,30,36)(H,31,37)(H,32,35)/b17-8+/t20-/m1/s1. The van der Waals surface area contributed by atoms with Crippen LogP contribution < -0.4 is 16.0 Å². The van der Waals surface area contributed by atoms with Crippen molar-refractivity contribution in [3.8, 4) is 0 Å². The summed E-state index contributed by atoms with van der Waals surface area (Å²) < 4.78 is 0. The van der Waals surface area contributed by atoms with Gasteiger partial charge in [0.2, 0.25) is 5.91 Å². The predicted molar refractivity (Wildman–Crippen MR) is 144 cm³/mol. The van der Waals surface area contributed by atoms with Gasteiger partial charge in [0, 0.05) is 32.7 Å². The molecule has 0 aliphatic heterocycles. The molecular weight excluding hydrogens is 468 g/mol. The molecule has 0 heterocycles. The van der Waals surface area contributed by atoms with Crippen molar-refractivity contribution < 1.29 is 19.2 Å². The number of fused-ring (bicyclic) bond motifs is 1. The van der Waals surface area contributed by atoms with E-state index in [1.54, 1.807) is 44.4 Å². The summed E-state index contributed by atoms with van der Waals surface area (Å²) in [5.41, 5.74) is 2.03. The van der Waals surface area contributed by atoms with Gasteiger partial charge in [0.15, 0.2) is 0 Å². The minimum absolute atomic E-state index is 0.0235. The van der Waals surface area contributed by atoms with E-state index in [0.717, 1.165) is 16.3 Å². The first-order valence-corrected chi connectivity index (χ1v) is 12.1. The third-order valence-electron chi connectivity index (χ3n) is 5.84. The summed E-state index contributed by atoms with van der Waals surface area (Å²) in [6, 6.07) is 20.7. The highest BCUT2D eigenvalue weighted by molar-refractivity contribution is 6.35. The van der Waals surface area contributed by atoms with Crippen molar-refractivity contribution in [1.29, 1.82) is 0 Å². The van der Waals surface area contributed by atoms with E-state index < -0.39 is 11.8 Å². The second-order valence-corrected chi connectivity index (χ2v) is 8.78. The van der Waals surface area contributed by atoms with Gasteiger partial charge >= 0.3 is 11.8 Å². The number of likely N-dealkylation sites (N-methyl/N-ethyl adjacent to an activating group) is 1. The molecule has 0 radical (unpaired) electrons. The molecule has 0 aliphatic carbocycles. The van der Waals surface area contributed by atoms with Gasteiger partial charge < -0.3 is 20.9 Å². The van der Waals surface area contributed by atoms with Crippen LogP contribution >= 0.6 is 0 Å². The molecule has 3 N–H and O–H groups in total. The molecule has 0 saturated heterocycles. The molecule has 0 aliphatic rings. The molecule has 3 aromatic rings. The summed E-state index contributed by atoms with van der Waals surface area (Å²) in [5, 5.41) is 10.3. The Kier molecular flexibility index (Phi) is 9.55. The summed E-state index contributed by atoms with van der Waals surface area (Å²) in [6.45, 7) is 2.17. The number of amides is 4. The van der Waals surface area contributed by atoms with Gasteiger partial charge in [-0.3, -0.25) is 19.2 Å². The Bertz CT molecular complexity index is 1310. The second kappa shape index (κ2) is 13.0. The number of carbonyl (C=O) groups is 4. The SMILES string of the molecule is C[C@@H](NC(=O)c1ccccc1CNC(=O)C(=O)NCC/C=C/C(=O)N(C)C)c1cccc2ccccc12. The van der Waals surface area contributed by atoms with Crippen molar-refractivity contribution >= 4 is 34.4 Å². The van der Waals surface area contributed by atoms with Crippen LogP contribution in [0.15, 0.2) is 78.9 Å². The molecule has 0 saturated carbocycles. The third kappa shape index (κ3) is 7.51. The highest BCUT2D eigenvalue weighted by Crippen LogP contribution is 2.24. The van der Waals surface area contributed by atoms with Crippen LogP contribution in [0.2, 0.25) is 0 Å². The van der Waals surface area contributed by atoms with Crippen LogP contribution in [-0.2, 0) is 20.9 Å². The first-order valence-electron chi connectivity index (χ1n) is 12.1. The van der Waals surface area contributed by atoms with E-state index in [4.69, 9.17) is 0 Å². The number of hydrogen-bond donors (Lipinski definition) is 3. The molecule has 0 bridgehead atoms. The first kappa shape index (κ1) is 27.1. The molecule has 37 heavy (non-hydrogen) atoms. The molecule has 8 nitrogen and oxygen atoms in total. The summed E-state index contributed by atoms with van der Waals surface area (Å²) in [6.07, 6.45) is 3.46. The lowest BCUT2D eigenvalue weighted by Gasteiger charge is -2.18. The maximum absolute atomic E-state index is 13.1. The minimum Gasteiger partial charge on any atom is -0.348 e. The Labute approximate surface area is 216 Å². The molecule has 0 aromatic heterocycles. The molecule has 192 valence electrons. The monoisotopic (exact) mass is 500 g/mol. The smallest absolute Gasteiger partial charge is 0.309 e. The van der Waals surface area contributed by atoms with E-state index in [1.807, 2.05) is 49.4 Å². The molecule has 0 spiro atoms. The fourth-order valence-corrected chi connectivity index (χ4v) is 3.81. The van der Waals surface area contributed by atoms with Crippen LogP contribution in [0.3, 0.4) is 0 Å². The lowest BCUT2D eigenvalue weighted by Crippen LogP contribution is -2.40. The molecular formula is C29H32N4O4. The van der Waals surface area contributed by atoms with E-state index in [1.165, 1.54) is 11.0 Å². The van der Waals surface area contributed by atoms with Gasteiger partial charge in [-0.25, -0.2) is 0 Å². The van der Waals surface area contributed by atoms with Crippen molar-refractivity contribution in [2.24, 2.45) is 0 Å². The number of benzene rings is 3. The molecule has 8 heteroatoms. The Morgan fingerprint density at radius 2 is 1.54 bits per heavy atom. The molecule has 3 aromatic carbocycles. The van der Waals surface area contributed by atoms with Crippen LogP contribution in [0.25, 0.3) is 10.8 Å². The van der Waals surface area contributed by atoms with E-state index in [2.05, 4.69) is 16.0 Å². The fraction of sp³-hybridized carbons (Fsp3) is 0.241. The largest absolute Gasteiger partial charge is 0.348 e. The molecule has 4 amide bonds. The highest BCUT2D eigenvalue weighted by atomic mass is 16.2. The van der Waals surface area contributed by atoms with Gasteiger partial charge in [-0.05, 0) is 47.4 Å². The summed E-state index contributed by atoms with van der Waals surface area (Å²) in [5.74, 6) is -2.00. The van der Waals surface area contributed by atoms with Crippen LogP contribution in [0.1, 0.15) is 40.9 Å². The van der Waals surface area contributed by atoms with E-state index in [-0.39, 0.29) is 30.9 Å². The zero-order chi connectivity index (χ0) is 26.8. The number of nitrogens with zero attached hydrogens (tertiary/aromatic N) is 1. The summed E-state index contributed by atoms with van der Waals surface area (Å²) in [7, 11) is 3.29. The lowest BCUT2D eigenvalue weighted by atomic mass is 9.99. The minimum atomic E-state index is -0.798. The number of rotatable bonds is 9. The van der Waals surface area contributed by atoms with Crippen LogP contribution in [0.5, 0.6) is 0 Å². The molecule has 1 atom stereocenters. The fourth-order valence-electron chi connectivity index (χ4n) is 3.81. The predicted octanol–water partition coefficient (Wildman–Crippen LogP) is 3.10. The maximum atomic E-state index is 13.1. The average Bonchev–Trinajstić information content (AvgIpc) is 2.90. The zero-order valence-electron chi connectivity index (χ0n) is 21.3. The van der Waals surface area contributed by atoms with Gasteiger partial charge in [0.05, 0.1) is 6.04 Å². The third-order valence-corrected chi connectivity index (χ3v) is 5.84. The van der Waals surface area contributed by atoms with E-state index >= 15 is 0 Å². The van der Waals surface area contributed by atoms with Crippen molar-refractivity contribution in [3.05, 3.63) is 95.6 Å². The van der Waals surface area contributed by atoms with Gasteiger partial charge in [-0.1, -0.05) is 66.7 Å². The maximum Gasteiger partial charge on any atom is 0.309 e. The van der Waals surface area contributed by atoms with Crippen LogP contribution in [-0.4, -0.2) is 49.2 Å². The molecule has 0 fully saturated rings. The van der Waals surface area contributed by atoms with Gasteiger partial charge in [-0.2, -0.15) is 0 Å². The highest BCUT2D eigenvalue weighted by Gasteiger charge is 2.18. The van der Waals surface area contributed by atoms with Crippen LogP contribution in [0, 0.1) is 0 Å². The number of carbonyl (C=O) groups excluding carboxylic acids is 4. The Hall–Kier alpha value is -4.46. The summed E-state index contributed by atoms with van der Waals surface area (Å²) >= 11 is 0. The Morgan fingerprint density at radius 1 is 0.865 bits per heavy atom. The van der Waals surface area contributed by atoms with Crippen LogP contribution in [0.4, 0.5) is 0 Å². The average molecular weight is 501 g/mol. The van der Waals surface area contributed by atoms with Gasteiger partial charge in [0.1, 0.15) is 0 Å². The number of nitrogens with one attached hydrogen (secondary N) is 3. The lowest BCUT2D eigenvalue weighted by molar-refractivity contribution is -0.139. The van der Waals surface area contributed by atoms with Crippen molar-refractivity contribution in [3.63, 3.8) is 0 Å². The Morgan fingerprint density at radius 3 is 2.32 bits per heavy atom. The van der Waals surface area contributed by atoms with Gasteiger partial charge in [-0.15, -0.1) is 0 Å². The zero-order valence-corrected chi connectivity index (χ0v) is 21.3. The van der Waals surface area contributed by atoms with Crippen molar-refractivity contribution in [2.75, 3.05) is 20.6 Å².